The van der Waals surface area contributed by atoms with Gasteiger partial charge in [0.1, 0.15) is 0 Å². The standard InChI is InChI=1S/C25H21ClN4O2/c1-17-9-10-18(14-27-17)11-24(31)20-5-4-6-21(13-20)30-16-19(15-28-30)12-25(32)29-23-8-3-2-7-22(23)26/h2-10,13-16H,11-12H2,1H3,(H,29,32). The maximum atomic E-state index is 12.7. The molecule has 160 valence electrons. The number of carbonyl (C=O) groups is 2. The number of benzene rings is 2. The van der Waals surface area contributed by atoms with Crippen LogP contribution in [0.5, 0.6) is 0 Å². The molecule has 6 nitrogen and oxygen atoms in total. The lowest BCUT2D eigenvalue weighted by Crippen LogP contribution is -2.14. The van der Waals surface area contributed by atoms with Gasteiger partial charge in [-0.1, -0.05) is 41.9 Å². The molecule has 0 bridgehead atoms. The topological polar surface area (TPSA) is 76.9 Å². The van der Waals surface area contributed by atoms with Crippen molar-refractivity contribution in [1.82, 2.24) is 14.8 Å². The number of rotatable bonds is 7. The maximum Gasteiger partial charge on any atom is 0.228 e. The number of aromatic nitrogens is 3. The van der Waals surface area contributed by atoms with Crippen molar-refractivity contribution in [2.24, 2.45) is 0 Å². The minimum Gasteiger partial charge on any atom is -0.324 e. The van der Waals surface area contributed by atoms with Gasteiger partial charge in [0.15, 0.2) is 5.78 Å². The van der Waals surface area contributed by atoms with E-state index in [1.165, 1.54) is 0 Å². The summed E-state index contributed by atoms with van der Waals surface area (Å²) in [6.07, 6.45) is 5.58. The van der Waals surface area contributed by atoms with Gasteiger partial charge in [0, 0.05) is 30.1 Å². The molecule has 0 unspecified atom stereocenters. The molecule has 0 aliphatic rings. The van der Waals surface area contributed by atoms with E-state index in [2.05, 4.69) is 15.4 Å². The molecule has 0 saturated carbocycles. The summed E-state index contributed by atoms with van der Waals surface area (Å²) in [4.78, 5) is 29.3. The van der Waals surface area contributed by atoms with Crippen molar-refractivity contribution in [1.29, 1.82) is 0 Å². The molecule has 2 aromatic carbocycles. The fraction of sp³-hybridized carbons (Fsp3) is 0.120. The fourth-order valence-electron chi connectivity index (χ4n) is 3.25. The molecule has 0 fully saturated rings. The van der Waals surface area contributed by atoms with Crippen LogP contribution in [0.3, 0.4) is 0 Å². The Labute approximate surface area is 190 Å². The molecular formula is C25H21ClN4O2. The first-order chi connectivity index (χ1) is 15.5. The second-order valence-corrected chi connectivity index (χ2v) is 7.86. The van der Waals surface area contributed by atoms with E-state index in [9.17, 15) is 9.59 Å². The summed E-state index contributed by atoms with van der Waals surface area (Å²) in [5, 5.41) is 7.63. The Balaban J connectivity index is 1.43. The third kappa shape index (κ3) is 5.28. The van der Waals surface area contributed by atoms with E-state index in [1.54, 1.807) is 53.6 Å². The first-order valence-corrected chi connectivity index (χ1v) is 10.5. The van der Waals surface area contributed by atoms with E-state index in [0.29, 0.717) is 16.3 Å². The highest BCUT2D eigenvalue weighted by Gasteiger charge is 2.11. The normalized spacial score (nSPS) is 10.7. The second-order valence-electron chi connectivity index (χ2n) is 7.46. The van der Waals surface area contributed by atoms with Gasteiger partial charge in [0.25, 0.3) is 0 Å². The number of aryl methyl sites for hydroxylation is 1. The molecule has 2 aromatic heterocycles. The lowest BCUT2D eigenvalue weighted by Gasteiger charge is -2.06. The fourth-order valence-corrected chi connectivity index (χ4v) is 3.43. The number of halogens is 1. The molecule has 0 aliphatic carbocycles. The van der Waals surface area contributed by atoms with Crippen LogP contribution in [0.2, 0.25) is 5.02 Å². The van der Waals surface area contributed by atoms with E-state index in [4.69, 9.17) is 11.6 Å². The first-order valence-electron chi connectivity index (χ1n) is 10.1. The van der Waals surface area contributed by atoms with Crippen LogP contribution in [0.4, 0.5) is 5.69 Å². The number of nitrogens with zero attached hydrogens (tertiary/aromatic N) is 3. The summed E-state index contributed by atoms with van der Waals surface area (Å²) in [6, 6.07) is 18.2. The van der Waals surface area contributed by atoms with Crippen molar-refractivity contribution in [3.8, 4) is 5.69 Å². The van der Waals surface area contributed by atoms with Crippen LogP contribution in [-0.2, 0) is 17.6 Å². The van der Waals surface area contributed by atoms with Crippen LogP contribution in [0.1, 0.15) is 27.2 Å². The average Bonchev–Trinajstić information content (AvgIpc) is 3.25. The summed E-state index contributed by atoms with van der Waals surface area (Å²) >= 11 is 6.09. The Hall–Kier alpha value is -3.77. The summed E-state index contributed by atoms with van der Waals surface area (Å²) in [7, 11) is 0. The van der Waals surface area contributed by atoms with E-state index in [1.807, 2.05) is 37.3 Å². The Morgan fingerprint density at radius 2 is 1.81 bits per heavy atom. The SMILES string of the molecule is Cc1ccc(CC(=O)c2cccc(-n3cc(CC(=O)Nc4ccccc4Cl)cn3)c2)cn1. The number of nitrogens with one attached hydrogen (secondary N) is 1. The van der Waals surface area contributed by atoms with Crippen LogP contribution >= 0.6 is 11.6 Å². The maximum absolute atomic E-state index is 12.7. The number of Topliss-reactive ketones (excluding diaryl/α,β-unsaturated/α-hetero) is 1. The van der Waals surface area contributed by atoms with Crippen LogP contribution in [0.25, 0.3) is 5.69 Å². The zero-order valence-electron chi connectivity index (χ0n) is 17.5. The Kier molecular flexibility index (Phi) is 6.42. The highest BCUT2D eigenvalue weighted by atomic mass is 35.5. The van der Waals surface area contributed by atoms with Gasteiger partial charge >= 0.3 is 0 Å². The lowest BCUT2D eigenvalue weighted by atomic mass is 10.0. The minimum atomic E-state index is -0.187. The van der Waals surface area contributed by atoms with Gasteiger partial charge in [0.2, 0.25) is 5.91 Å². The molecule has 1 N–H and O–H groups in total. The van der Waals surface area contributed by atoms with Crippen molar-refractivity contribution in [2.75, 3.05) is 5.32 Å². The Morgan fingerprint density at radius 3 is 2.59 bits per heavy atom. The Bertz CT molecular complexity index is 1260. The van der Waals surface area contributed by atoms with Crippen molar-refractivity contribution in [2.45, 2.75) is 19.8 Å². The lowest BCUT2D eigenvalue weighted by molar-refractivity contribution is -0.115. The van der Waals surface area contributed by atoms with Crippen molar-refractivity contribution >= 4 is 29.0 Å². The quantitative estimate of drug-likeness (QED) is 0.414. The van der Waals surface area contributed by atoms with Gasteiger partial charge in [-0.15, -0.1) is 0 Å². The smallest absolute Gasteiger partial charge is 0.228 e. The first kappa shape index (κ1) is 21.5. The number of anilines is 1. The highest BCUT2D eigenvalue weighted by Crippen LogP contribution is 2.21. The second kappa shape index (κ2) is 9.58. The molecule has 32 heavy (non-hydrogen) atoms. The van der Waals surface area contributed by atoms with Crippen molar-refractivity contribution in [3.05, 3.63) is 107 Å². The largest absolute Gasteiger partial charge is 0.324 e. The predicted octanol–water partition coefficient (Wildman–Crippen LogP) is 4.84. The van der Waals surface area contributed by atoms with Crippen LogP contribution < -0.4 is 5.32 Å². The van der Waals surface area contributed by atoms with E-state index < -0.39 is 0 Å². The van der Waals surface area contributed by atoms with Gasteiger partial charge in [0.05, 0.1) is 29.0 Å². The van der Waals surface area contributed by atoms with Gasteiger partial charge < -0.3 is 5.32 Å². The number of para-hydroxylation sites is 1. The molecule has 0 aliphatic heterocycles. The molecule has 4 aromatic rings. The van der Waals surface area contributed by atoms with E-state index in [-0.39, 0.29) is 24.5 Å². The molecule has 7 heteroatoms. The number of ketones is 1. The number of pyridine rings is 1. The van der Waals surface area contributed by atoms with Crippen molar-refractivity contribution in [3.63, 3.8) is 0 Å². The van der Waals surface area contributed by atoms with Gasteiger partial charge in [-0.2, -0.15) is 5.10 Å². The zero-order chi connectivity index (χ0) is 22.5. The van der Waals surface area contributed by atoms with Gasteiger partial charge in [-0.3, -0.25) is 14.6 Å². The molecule has 0 saturated heterocycles. The minimum absolute atomic E-state index is 0.00370. The predicted molar refractivity (Wildman–Crippen MR) is 124 cm³/mol. The zero-order valence-corrected chi connectivity index (χ0v) is 18.2. The Morgan fingerprint density at radius 1 is 0.969 bits per heavy atom. The van der Waals surface area contributed by atoms with E-state index in [0.717, 1.165) is 22.5 Å². The monoisotopic (exact) mass is 444 g/mol. The number of hydrogen-bond acceptors (Lipinski definition) is 4. The number of amides is 1. The highest BCUT2D eigenvalue weighted by molar-refractivity contribution is 6.33. The number of hydrogen-bond donors (Lipinski definition) is 1. The molecule has 2 heterocycles. The number of carbonyl (C=O) groups excluding carboxylic acids is 2. The molecule has 0 spiro atoms. The van der Waals surface area contributed by atoms with Crippen molar-refractivity contribution < 1.29 is 9.59 Å². The van der Waals surface area contributed by atoms with Crippen LogP contribution in [0.15, 0.2) is 79.3 Å². The summed E-state index contributed by atoms with van der Waals surface area (Å²) in [5.74, 6) is -0.183. The van der Waals surface area contributed by atoms with Gasteiger partial charge in [-0.25, -0.2) is 4.68 Å². The summed E-state index contributed by atoms with van der Waals surface area (Å²) < 4.78 is 1.66. The molecular weight excluding hydrogens is 424 g/mol. The van der Waals surface area contributed by atoms with E-state index >= 15 is 0 Å². The summed E-state index contributed by atoms with van der Waals surface area (Å²) in [5.41, 5.74) is 4.45. The molecule has 0 radical (unpaired) electrons. The van der Waals surface area contributed by atoms with Gasteiger partial charge in [-0.05, 0) is 48.4 Å². The molecule has 4 rings (SSSR count). The van der Waals surface area contributed by atoms with Crippen LogP contribution in [-0.4, -0.2) is 26.5 Å². The third-order valence-electron chi connectivity index (χ3n) is 4.92. The third-order valence-corrected chi connectivity index (χ3v) is 5.25. The van der Waals surface area contributed by atoms with Crippen LogP contribution in [0, 0.1) is 6.92 Å². The molecule has 1 amide bonds. The summed E-state index contributed by atoms with van der Waals surface area (Å²) in [6.45, 7) is 1.91. The average molecular weight is 445 g/mol. The molecule has 0 atom stereocenters.